The first kappa shape index (κ1) is 22.1. The van der Waals surface area contributed by atoms with Gasteiger partial charge in [0.25, 0.3) is 5.91 Å². The molecule has 1 saturated heterocycles. The number of hydrogen-bond acceptors (Lipinski definition) is 4. The van der Waals surface area contributed by atoms with Crippen LogP contribution in [0.5, 0.6) is 5.75 Å². The molecular formula is C27H33N3O2Si. The summed E-state index contributed by atoms with van der Waals surface area (Å²) in [4.78, 5) is 20.6. The highest BCUT2D eigenvalue weighted by Gasteiger charge is 2.47. The van der Waals surface area contributed by atoms with Gasteiger partial charge in [-0.05, 0) is 94.6 Å². The minimum atomic E-state index is -0.323. The van der Waals surface area contributed by atoms with Gasteiger partial charge in [-0.25, -0.2) is 0 Å². The summed E-state index contributed by atoms with van der Waals surface area (Å²) in [5, 5.41) is 4.51. The van der Waals surface area contributed by atoms with Gasteiger partial charge < -0.3 is 15.0 Å². The number of rotatable bonds is 6. The zero-order valence-corrected chi connectivity index (χ0v) is 22.2. The van der Waals surface area contributed by atoms with Gasteiger partial charge in [0.15, 0.2) is 0 Å². The van der Waals surface area contributed by atoms with Gasteiger partial charge >= 0.3 is 0 Å². The number of hydrogen-bond donors (Lipinski definition) is 1. The van der Waals surface area contributed by atoms with Crippen LogP contribution in [0.4, 0.5) is 0 Å². The molecule has 2 atom stereocenters. The van der Waals surface area contributed by atoms with Crippen molar-refractivity contribution in [1.82, 2.24) is 15.2 Å². The fraction of sp³-hybridized carbons (Fsp3) is 0.407. The standard InChI is InChI=1S/C27H33N3O2Si/c1-16-13-22(20-8-6-18(3)28-23(20)14-16)27(10-11-27)29-25(31)21-15-19(7-5-17(21)2)32-26(33)24-9-12-30(24)4/h5-8,13-15,24,26H,9-12H2,1-4,33H3,(H,29,31)/t24-,26?/m0/s1. The van der Waals surface area contributed by atoms with Crippen LogP contribution < -0.4 is 10.1 Å². The molecule has 3 aromatic rings. The average molecular weight is 460 g/mol. The Morgan fingerprint density at radius 2 is 1.97 bits per heavy atom. The van der Waals surface area contributed by atoms with Crippen LogP contribution in [-0.4, -0.2) is 51.4 Å². The predicted octanol–water partition coefficient (Wildman–Crippen LogP) is 3.35. The van der Waals surface area contributed by atoms with Crippen molar-refractivity contribution in [3.05, 3.63) is 70.4 Å². The summed E-state index contributed by atoms with van der Waals surface area (Å²) < 4.78 is 6.28. The molecule has 2 fully saturated rings. The van der Waals surface area contributed by atoms with E-state index >= 15 is 0 Å². The van der Waals surface area contributed by atoms with E-state index in [1.165, 1.54) is 17.5 Å². The topological polar surface area (TPSA) is 54.5 Å². The van der Waals surface area contributed by atoms with E-state index in [4.69, 9.17) is 9.72 Å². The summed E-state index contributed by atoms with van der Waals surface area (Å²) >= 11 is 0. The number of nitrogens with one attached hydrogen (secondary N) is 1. The van der Waals surface area contributed by atoms with E-state index in [0.29, 0.717) is 11.6 Å². The average Bonchev–Trinajstić information content (AvgIpc) is 3.53. The highest BCUT2D eigenvalue weighted by molar-refractivity contribution is 6.11. The van der Waals surface area contributed by atoms with E-state index in [-0.39, 0.29) is 17.2 Å². The maximum atomic E-state index is 13.5. The molecule has 33 heavy (non-hydrogen) atoms. The molecule has 1 N–H and O–H groups in total. The minimum absolute atomic E-state index is 0.0316. The minimum Gasteiger partial charge on any atom is -0.494 e. The Hall–Kier alpha value is -2.70. The van der Waals surface area contributed by atoms with Crippen molar-refractivity contribution in [3.63, 3.8) is 0 Å². The van der Waals surface area contributed by atoms with Gasteiger partial charge in [0.2, 0.25) is 0 Å². The molecule has 1 unspecified atom stereocenters. The Morgan fingerprint density at radius 1 is 1.18 bits per heavy atom. The number of fused-ring (bicyclic) bond motifs is 1. The maximum Gasteiger partial charge on any atom is 0.252 e. The summed E-state index contributed by atoms with van der Waals surface area (Å²) in [6.45, 7) is 7.24. The number of likely N-dealkylation sites (N-methyl/N-ethyl adjacent to an activating group) is 1. The number of ether oxygens (including phenoxy) is 1. The molecule has 1 saturated carbocycles. The molecule has 1 aromatic heterocycles. The number of carbonyl (C=O) groups is 1. The second-order valence-electron chi connectivity index (χ2n) is 10.0. The van der Waals surface area contributed by atoms with Gasteiger partial charge in [0, 0.05) is 22.7 Å². The Balaban J connectivity index is 1.40. The van der Waals surface area contributed by atoms with Crippen molar-refractivity contribution >= 4 is 27.1 Å². The third-order valence-corrected chi connectivity index (χ3v) is 8.38. The molecule has 5 nitrogen and oxygen atoms in total. The van der Waals surface area contributed by atoms with Crippen LogP contribution in [0.3, 0.4) is 0 Å². The van der Waals surface area contributed by atoms with E-state index in [1.807, 2.05) is 38.1 Å². The number of pyridine rings is 1. The molecule has 0 radical (unpaired) electrons. The SMILES string of the molecule is Cc1cc(C2(NC(=O)c3cc(OC([SiH3])[C@@H]4CCN4C)ccc3C)CC2)c2ccc(C)nc2c1. The molecular weight excluding hydrogens is 426 g/mol. The molecule has 0 bridgehead atoms. The van der Waals surface area contributed by atoms with Crippen molar-refractivity contribution in [2.24, 2.45) is 0 Å². The van der Waals surface area contributed by atoms with Crippen LogP contribution >= 0.6 is 0 Å². The highest BCUT2D eigenvalue weighted by atomic mass is 28.1. The Morgan fingerprint density at radius 3 is 2.64 bits per heavy atom. The van der Waals surface area contributed by atoms with Crippen molar-refractivity contribution in [2.45, 2.75) is 57.3 Å². The van der Waals surface area contributed by atoms with E-state index < -0.39 is 0 Å². The van der Waals surface area contributed by atoms with Crippen LogP contribution in [0.2, 0.25) is 0 Å². The number of aryl methyl sites for hydroxylation is 3. The number of aromatic nitrogens is 1. The first-order chi connectivity index (χ1) is 15.8. The molecule has 6 heteroatoms. The lowest BCUT2D eigenvalue weighted by molar-refractivity contribution is 0.0562. The summed E-state index contributed by atoms with van der Waals surface area (Å²) in [7, 11) is 3.11. The summed E-state index contributed by atoms with van der Waals surface area (Å²) in [6, 6.07) is 14.9. The van der Waals surface area contributed by atoms with E-state index in [0.717, 1.165) is 57.5 Å². The second-order valence-corrected chi connectivity index (χ2v) is 11.1. The predicted molar refractivity (Wildman–Crippen MR) is 136 cm³/mol. The number of benzene rings is 2. The summed E-state index contributed by atoms with van der Waals surface area (Å²) in [5.74, 6) is 0.757. The molecule has 2 aromatic carbocycles. The molecule has 172 valence electrons. The van der Waals surface area contributed by atoms with Crippen LogP contribution in [0.1, 0.15) is 52.0 Å². The van der Waals surface area contributed by atoms with E-state index in [9.17, 15) is 4.79 Å². The molecule has 1 aliphatic heterocycles. The molecule has 1 amide bonds. The molecule has 2 aliphatic rings. The number of carbonyl (C=O) groups excluding carboxylic acids is 1. The van der Waals surface area contributed by atoms with E-state index in [2.05, 4.69) is 42.4 Å². The number of amides is 1. The first-order valence-electron chi connectivity index (χ1n) is 11.9. The molecule has 0 spiro atoms. The maximum absolute atomic E-state index is 13.5. The summed E-state index contributed by atoms with van der Waals surface area (Å²) in [5.41, 5.74) is 5.91. The first-order valence-corrected chi connectivity index (χ1v) is 13.1. The fourth-order valence-corrected chi connectivity index (χ4v) is 6.20. The monoisotopic (exact) mass is 459 g/mol. The van der Waals surface area contributed by atoms with Crippen molar-refractivity contribution in [1.29, 1.82) is 0 Å². The Bertz CT molecular complexity index is 1230. The summed E-state index contributed by atoms with van der Waals surface area (Å²) in [6.07, 6.45) is 3.07. The fourth-order valence-electron chi connectivity index (χ4n) is 5.09. The van der Waals surface area contributed by atoms with Gasteiger partial charge in [0.05, 0.1) is 27.0 Å². The van der Waals surface area contributed by atoms with Crippen LogP contribution in [-0.2, 0) is 5.54 Å². The lowest BCUT2D eigenvalue weighted by Gasteiger charge is -2.41. The third-order valence-electron chi connectivity index (χ3n) is 7.37. The zero-order valence-electron chi connectivity index (χ0n) is 20.2. The van der Waals surface area contributed by atoms with Gasteiger partial charge in [0.1, 0.15) is 5.75 Å². The molecule has 5 rings (SSSR count). The molecule has 1 aliphatic carbocycles. The lowest BCUT2D eigenvalue weighted by atomic mass is 9.96. The Labute approximate surface area is 199 Å². The largest absolute Gasteiger partial charge is 0.494 e. The normalized spacial score (nSPS) is 20.3. The zero-order chi connectivity index (χ0) is 23.3. The van der Waals surface area contributed by atoms with Gasteiger partial charge in [-0.15, -0.1) is 0 Å². The quantitative estimate of drug-likeness (QED) is 0.575. The smallest absolute Gasteiger partial charge is 0.252 e. The van der Waals surface area contributed by atoms with Crippen LogP contribution in [0, 0.1) is 20.8 Å². The molecule has 2 heterocycles. The lowest BCUT2D eigenvalue weighted by Crippen LogP contribution is -2.53. The van der Waals surface area contributed by atoms with Gasteiger partial charge in [-0.3, -0.25) is 9.78 Å². The van der Waals surface area contributed by atoms with Gasteiger partial charge in [-0.2, -0.15) is 0 Å². The van der Waals surface area contributed by atoms with E-state index in [1.54, 1.807) is 0 Å². The number of likely N-dealkylation sites (tertiary alicyclic amines) is 1. The van der Waals surface area contributed by atoms with Crippen LogP contribution in [0.15, 0.2) is 42.5 Å². The van der Waals surface area contributed by atoms with Crippen molar-refractivity contribution in [3.8, 4) is 5.75 Å². The second kappa shape index (κ2) is 8.26. The van der Waals surface area contributed by atoms with Crippen LogP contribution in [0.25, 0.3) is 10.9 Å². The highest BCUT2D eigenvalue weighted by Crippen LogP contribution is 2.48. The van der Waals surface area contributed by atoms with Crippen molar-refractivity contribution in [2.75, 3.05) is 13.6 Å². The number of nitrogens with zero attached hydrogens (tertiary/aromatic N) is 2. The van der Waals surface area contributed by atoms with Crippen molar-refractivity contribution < 1.29 is 9.53 Å². The van der Waals surface area contributed by atoms with Gasteiger partial charge in [-0.1, -0.05) is 18.2 Å². The Kier molecular flexibility index (Phi) is 5.53. The third kappa shape index (κ3) is 4.18.